The zero-order valence-electron chi connectivity index (χ0n) is 19.7. The third-order valence-corrected chi connectivity index (χ3v) is 9.74. The first-order chi connectivity index (χ1) is 14.9. The van der Waals surface area contributed by atoms with Gasteiger partial charge in [-0.15, -0.1) is 0 Å². The fourth-order valence-corrected chi connectivity index (χ4v) is 7.75. The van der Waals surface area contributed by atoms with Gasteiger partial charge in [-0.3, -0.25) is 0 Å². The van der Waals surface area contributed by atoms with Crippen LogP contribution in [0.1, 0.15) is 128 Å². The third kappa shape index (κ3) is 4.50. The SMILES string of the molecule is C1CCC1.C1CCC2CC3(CC2C1)NCCC1=C3NC2CCCCC12.C1CCCC1. The maximum atomic E-state index is 4.05. The second-order valence-corrected chi connectivity index (χ2v) is 11.7. The molecule has 0 aromatic heterocycles. The summed E-state index contributed by atoms with van der Waals surface area (Å²) in [6.07, 6.45) is 29.5. The highest BCUT2D eigenvalue weighted by Crippen LogP contribution is 2.54. The van der Waals surface area contributed by atoms with Crippen LogP contribution in [0, 0.1) is 17.8 Å². The van der Waals surface area contributed by atoms with Crippen molar-refractivity contribution in [2.24, 2.45) is 17.8 Å². The molecule has 170 valence electrons. The van der Waals surface area contributed by atoms with Crippen LogP contribution in [0.3, 0.4) is 0 Å². The normalized spacial score (nSPS) is 41.3. The average Bonchev–Trinajstić information content (AvgIpc) is 3.47. The van der Waals surface area contributed by atoms with E-state index in [9.17, 15) is 0 Å². The maximum absolute atomic E-state index is 4.05. The standard InChI is InChI=1S/C19H30N2.C5H10.C4H8/c1-2-6-14-12-19(11-13(14)5-1)18-16(9-10-20-19)15-7-3-4-8-17(15)21-18;1-2-4-5-3-1;1-2-4-3-1/h13-15,17,20-21H,1-12H2;1-5H2;1-4H2. The summed E-state index contributed by atoms with van der Waals surface area (Å²) in [4.78, 5) is 0. The van der Waals surface area contributed by atoms with Crippen LogP contribution in [0.25, 0.3) is 0 Å². The smallest absolute Gasteiger partial charge is 0.0588 e. The lowest BCUT2D eigenvalue weighted by atomic mass is 9.77. The van der Waals surface area contributed by atoms with Crippen LogP contribution in [-0.2, 0) is 0 Å². The van der Waals surface area contributed by atoms with Gasteiger partial charge in [0, 0.05) is 17.7 Å². The van der Waals surface area contributed by atoms with Gasteiger partial charge in [0.25, 0.3) is 0 Å². The molecule has 0 radical (unpaired) electrons. The zero-order chi connectivity index (χ0) is 20.2. The van der Waals surface area contributed by atoms with Crippen molar-refractivity contribution in [3.8, 4) is 0 Å². The van der Waals surface area contributed by atoms with Gasteiger partial charge in [0.15, 0.2) is 0 Å². The van der Waals surface area contributed by atoms with Crippen LogP contribution < -0.4 is 10.6 Å². The molecular formula is C28H48N2. The molecule has 1 spiro atoms. The highest BCUT2D eigenvalue weighted by molar-refractivity contribution is 5.38. The van der Waals surface area contributed by atoms with E-state index in [-0.39, 0.29) is 0 Å². The van der Waals surface area contributed by atoms with Gasteiger partial charge in [-0.25, -0.2) is 0 Å². The lowest BCUT2D eigenvalue weighted by Gasteiger charge is -2.38. The quantitative estimate of drug-likeness (QED) is 0.438. The minimum absolute atomic E-state index is 0.366. The van der Waals surface area contributed by atoms with Gasteiger partial charge >= 0.3 is 0 Å². The van der Waals surface area contributed by atoms with E-state index >= 15 is 0 Å². The van der Waals surface area contributed by atoms with E-state index in [1.807, 2.05) is 5.57 Å². The Morgan fingerprint density at radius 2 is 1.13 bits per heavy atom. The molecule has 2 N–H and O–H groups in total. The maximum Gasteiger partial charge on any atom is 0.0588 e. The van der Waals surface area contributed by atoms with E-state index in [1.165, 1.54) is 135 Å². The monoisotopic (exact) mass is 412 g/mol. The first-order valence-electron chi connectivity index (χ1n) is 14.1. The molecule has 5 fully saturated rings. The molecule has 2 heterocycles. The third-order valence-electron chi connectivity index (χ3n) is 9.74. The lowest BCUT2D eigenvalue weighted by molar-refractivity contribution is 0.277. The molecular weight excluding hydrogens is 364 g/mol. The van der Waals surface area contributed by atoms with Gasteiger partial charge in [-0.2, -0.15) is 0 Å². The summed E-state index contributed by atoms with van der Waals surface area (Å²) in [5, 5.41) is 8.07. The Labute approximate surface area is 186 Å². The topological polar surface area (TPSA) is 24.1 Å². The summed E-state index contributed by atoms with van der Waals surface area (Å²) in [6.45, 7) is 1.24. The van der Waals surface area contributed by atoms with Gasteiger partial charge in [-0.1, -0.05) is 96.3 Å². The van der Waals surface area contributed by atoms with Crippen molar-refractivity contribution in [1.29, 1.82) is 0 Å². The van der Waals surface area contributed by atoms with Gasteiger partial charge < -0.3 is 10.6 Å². The molecule has 4 atom stereocenters. The second kappa shape index (κ2) is 9.97. The van der Waals surface area contributed by atoms with Crippen LogP contribution >= 0.6 is 0 Å². The van der Waals surface area contributed by atoms with Crippen molar-refractivity contribution in [2.75, 3.05) is 6.54 Å². The predicted octanol–water partition coefficient (Wildman–Crippen LogP) is 7.25. The van der Waals surface area contributed by atoms with Crippen molar-refractivity contribution < 1.29 is 0 Å². The summed E-state index contributed by atoms with van der Waals surface area (Å²) < 4.78 is 0. The molecule has 0 saturated heterocycles. The van der Waals surface area contributed by atoms with E-state index in [0.717, 1.165) is 23.8 Å². The van der Waals surface area contributed by atoms with Crippen LogP contribution in [0.15, 0.2) is 11.3 Å². The lowest BCUT2D eigenvalue weighted by Crippen LogP contribution is -2.51. The molecule has 4 unspecified atom stereocenters. The molecule has 0 aromatic rings. The van der Waals surface area contributed by atoms with E-state index in [0.29, 0.717) is 5.54 Å². The minimum Gasteiger partial charge on any atom is -0.384 e. The number of nitrogens with one attached hydrogen (secondary N) is 2. The van der Waals surface area contributed by atoms with Crippen molar-refractivity contribution in [3.63, 3.8) is 0 Å². The first-order valence-corrected chi connectivity index (χ1v) is 14.1. The molecule has 2 aliphatic heterocycles. The summed E-state index contributed by atoms with van der Waals surface area (Å²) in [5.74, 6) is 2.93. The number of hydrogen-bond acceptors (Lipinski definition) is 2. The van der Waals surface area contributed by atoms with Crippen LogP contribution in [0.2, 0.25) is 0 Å². The summed E-state index contributed by atoms with van der Waals surface area (Å²) >= 11 is 0. The Balaban J connectivity index is 0.000000177. The molecule has 0 aromatic carbocycles. The molecule has 2 heteroatoms. The Morgan fingerprint density at radius 1 is 0.600 bits per heavy atom. The van der Waals surface area contributed by atoms with E-state index in [1.54, 1.807) is 5.70 Å². The number of fused-ring (bicyclic) bond motifs is 4. The summed E-state index contributed by atoms with van der Waals surface area (Å²) in [6, 6.07) is 0.795. The number of hydrogen-bond donors (Lipinski definition) is 2. The average molecular weight is 413 g/mol. The fourth-order valence-electron chi connectivity index (χ4n) is 7.75. The van der Waals surface area contributed by atoms with Crippen molar-refractivity contribution in [1.82, 2.24) is 10.6 Å². The molecule has 0 bridgehead atoms. The second-order valence-electron chi connectivity index (χ2n) is 11.7. The minimum atomic E-state index is 0.366. The Bertz CT molecular complexity index is 560. The largest absolute Gasteiger partial charge is 0.384 e. The first kappa shape index (κ1) is 21.4. The molecule has 30 heavy (non-hydrogen) atoms. The predicted molar refractivity (Wildman–Crippen MR) is 127 cm³/mol. The number of rotatable bonds is 0. The molecule has 2 nitrogen and oxygen atoms in total. The highest BCUT2D eigenvalue weighted by atomic mass is 15.1. The summed E-state index contributed by atoms with van der Waals surface area (Å²) in [5.41, 5.74) is 3.93. The van der Waals surface area contributed by atoms with Crippen LogP contribution in [0.5, 0.6) is 0 Å². The fraction of sp³-hybridized carbons (Fsp3) is 0.929. The Morgan fingerprint density at radius 3 is 1.73 bits per heavy atom. The van der Waals surface area contributed by atoms with E-state index < -0.39 is 0 Å². The van der Waals surface area contributed by atoms with E-state index in [2.05, 4.69) is 10.6 Å². The molecule has 7 aliphatic rings. The van der Waals surface area contributed by atoms with Crippen LogP contribution in [-0.4, -0.2) is 18.1 Å². The molecule has 5 aliphatic carbocycles. The zero-order valence-corrected chi connectivity index (χ0v) is 19.7. The summed E-state index contributed by atoms with van der Waals surface area (Å²) in [7, 11) is 0. The molecule has 5 saturated carbocycles. The molecule has 7 rings (SSSR count). The van der Waals surface area contributed by atoms with Gasteiger partial charge in [0.1, 0.15) is 0 Å². The van der Waals surface area contributed by atoms with Crippen molar-refractivity contribution in [3.05, 3.63) is 11.3 Å². The van der Waals surface area contributed by atoms with E-state index in [4.69, 9.17) is 0 Å². The van der Waals surface area contributed by atoms with Gasteiger partial charge in [0.05, 0.1) is 5.54 Å². The van der Waals surface area contributed by atoms with Gasteiger partial charge in [-0.05, 0) is 56.1 Å². The Hall–Kier alpha value is -0.500. The van der Waals surface area contributed by atoms with Crippen LogP contribution in [0.4, 0.5) is 0 Å². The van der Waals surface area contributed by atoms with Crippen molar-refractivity contribution in [2.45, 2.75) is 140 Å². The Kier molecular flexibility index (Phi) is 7.09. The van der Waals surface area contributed by atoms with Crippen molar-refractivity contribution >= 4 is 0 Å². The highest BCUT2D eigenvalue weighted by Gasteiger charge is 2.53. The molecule has 0 amide bonds. The van der Waals surface area contributed by atoms with Gasteiger partial charge in [0.2, 0.25) is 0 Å².